The molecule has 0 aromatic carbocycles. The van der Waals surface area contributed by atoms with Crippen molar-refractivity contribution >= 4 is 17.6 Å². The van der Waals surface area contributed by atoms with Crippen molar-refractivity contribution in [2.45, 2.75) is 13.0 Å². The number of amides is 1. The van der Waals surface area contributed by atoms with Crippen LogP contribution in [0.2, 0.25) is 0 Å². The summed E-state index contributed by atoms with van der Waals surface area (Å²) < 4.78 is 7.41. The van der Waals surface area contributed by atoms with Crippen LogP contribution >= 0.6 is 11.7 Å². The van der Waals surface area contributed by atoms with Gasteiger partial charge >= 0.3 is 0 Å². The number of aliphatic hydroxyl groups excluding tert-OH is 1. The average Bonchev–Trinajstić information content (AvgIpc) is 2.51. The van der Waals surface area contributed by atoms with Gasteiger partial charge in [-0.1, -0.05) is 0 Å². The summed E-state index contributed by atoms with van der Waals surface area (Å²) in [7, 11) is 0. The lowest BCUT2D eigenvalue weighted by molar-refractivity contribution is 0.0920. The molecule has 0 saturated carbocycles. The minimum Gasteiger partial charge on any atom is -0.392 e. The average molecular weight is 187 g/mol. The predicted molar refractivity (Wildman–Crippen MR) is 43.9 cm³/mol. The quantitative estimate of drug-likeness (QED) is 0.678. The van der Waals surface area contributed by atoms with Gasteiger partial charge in [-0.15, -0.1) is 0 Å². The van der Waals surface area contributed by atoms with Gasteiger partial charge in [-0.2, -0.15) is 8.75 Å². The highest BCUT2D eigenvalue weighted by atomic mass is 32.1. The Balaban J connectivity index is 2.40. The molecule has 0 spiro atoms. The van der Waals surface area contributed by atoms with E-state index in [2.05, 4.69) is 14.1 Å². The fourth-order valence-electron chi connectivity index (χ4n) is 0.596. The highest BCUT2D eigenvalue weighted by molar-refractivity contribution is 6.99. The Labute approximate surface area is 73.8 Å². The van der Waals surface area contributed by atoms with Crippen LogP contribution in [0.4, 0.5) is 0 Å². The van der Waals surface area contributed by atoms with E-state index in [1.807, 2.05) is 0 Å². The first kappa shape index (κ1) is 9.08. The van der Waals surface area contributed by atoms with Crippen molar-refractivity contribution in [1.82, 2.24) is 14.1 Å². The van der Waals surface area contributed by atoms with Gasteiger partial charge in [0.05, 0.1) is 24.0 Å². The molecule has 0 aliphatic heterocycles. The summed E-state index contributed by atoms with van der Waals surface area (Å²) in [6.07, 6.45) is 0.850. The van der Waals surface area contributed by atoms with Crippen LogP contribution in [0.15, 0.2) is 6.20 Å². The van der Waals surface area contributed by atoms with Crippen LogP contribution < -0.4 is 5.32 Å². The number of carbonyl (C=O) groups excluding carboxylic acids is 1. The molecule has 0 radical (unpaired) electrons. The lowest BCUT2D eigenvalue weighted by atomic mass is 10.4. The molecule has 1 rings (SSSR count). The van der Waals surface area contributed by atoms with Gasteiger partial charge in [-0.3, -0.25) is 4.79 Å². The van der Waals surface area contributed by atoms with Gasteiger partial charge in [0.1, 0.15) is 0 Å². The fraction of sp³-hybridized carbons (Fsp3) is 0.500. The van der Waals surface area contributed by atoms with Crippen LogP contribution in [-0.4, -0.2) is 32.4 Å². The van der Waals surface area contributed by atoms with Crippen LogP contribution in [0.3, 0.4) is 0 Å². The summed E-state index contributed by atoms with van der Waals surface area (Å²) in [5.41, 5.74) is 0.292. The van der Waals surface area contributed by atoms with E-state index in [9.17, 15) is 4.79 Å². The van der Waals surface area contributed by atoms with E-state index in [0.29, 0.717) is 5.69 Å². The van der Waals surface area contributed by atoms with E-state index in [0.717, 1.165) is 11.7 Å². The van der Waals surface area contributed by atoms with Crippen molar-refractivity contribution in [3.63, 3.8) is 0 Å². The maximum atomic E-state index is 11.1. The van der Waals surface area contributed by atoms with E-state index < -0.39 is 6.10 Å². The number of aromatic nitrogens is 2. The van der Waals surface area contributed by atoms with Gasteiger partial charge in [0.25, 0.3) is 5.91 Å². The number of hydrogen-bond donors (Lipinski definition) is 2. The van der Waals surface area contributed by atoms with Crippen molar-refractivity contribution in [2.24, 2.45) is 0 Å². The number of rotatable bonds is 3. The Bertz CT molecular complexity index is 247. The second kappa shape index (κ2) is 4.13. The summed E-state index contributed by atoms with van der Waals surface area (Å²) in [6.45, 7) is 1.83. The Kier molecular flexibility index (Phi) is 3.12. The van der Waals surface area contributed by atoms with E-state index in [1.165, 1.54) is 6.20 Å². The molecule has 1 aromatic rings. The maximum Gasteiger partial charge on any atom is 0.272 e. The molecule has 1 aromatic heterocycles. The molecule has 0 bridgehead atoms. The molecule has 6 heteroatoms. The first-order valence-electron chi connectivity index (χ1n) is 3.44. The second-order valence-electron chi connectivity index (χ2n) is 2.35. The second-order valence-corrected chi connectivity index (χ2v) is 2.91. The molecular formula is C6H9N3O2S. The molecule has 0 saturated heterocycles. The number of hydrogen-bond acceptors (Lipinski definition) is 5. The zero-order valence-electron chi connectivity index (χ0n) is 6.52. The Morgan fingerprint density at radius 1 is 1.92 bits per heavy atom. The third kappa shape index (κ3) is 2.55. The zero-order chi connectivity index (χ0) is 8.97. The molecule has 12 heavy (non-hydrogen) atoms. The maximum absolute atomic E-state index is 11.1. The fourth-order valence-corrected chi connectivity index (χ4v) is 1.01. The van der Waals surface area contributed by atoms with Crippen LogP contribution in [-0.2, 0) is 0 Å². The molecule has 0 aliphatic rings. The van der Waals surface area contributed by atoms with Crippen molar-refractivity contribution < 1.29 is 9.90 Å². The van der Waals surface area contributed by atoms with Gasteiger partial charge in [0.15, 0.2) is 5.69 Å². The first-order chi connectivity index (χ1) is 5.70. The van der Waals surface area contributed by atoms with Gasteiger partial charge in [-0.25, -0.2) is 0 Å². The normalized spacial score (nSPS) is 12.5. The summed E-state index contributed by atoms with van der Waals surface area (Å²) in [6, 6.07) is 0. The molecule has 1 atom stereocenters. The van der Waals surface area contributed by atoms with Crippen LogP contribution in [0.25, 0.3) is 0 Å². The minimum atomic E-state index is -0.541. The first-order valence-corrected chi connectivity index (χ1v) is 4.17. The zero-order valence-corrected chi connectivity index (χ0v) is 7.34. The largest absolute Gasteiger partial charge is 0.392 e. The Hall–Kier alpha value is -1.01. The van der Waals surface area contributed by atoms with E-state index >= 15 is 0 Å². The van der Waals surface area contributed by atoms with Gasteiger partial charge in [0.2, 0.25) is 0 Å². The molecule has 1 amide bonds. The van der Waals surface area contributed by atoms with E-state index in [4.69, 9.17) is 5.11 Å². The van der Waals surface area contributed by atoms with Gasteiger partial charge in [-0.05, 0) is 6.92 Å². The topological polar surface area (TPSA) is 75.1 Å². The number of nitrogens with zero attached hydrogens (tertiary/aromatic N) is 2. The third-order valence-corrected chi connectivity index (χ3v) is 1.63. The highest BCUT2D eigenvalue weighted by Gasteiger charge is 2.08. The highest BCUT2D eigenvalue weighted by Crippen LogP contribution is 1.94. The van der Waals surface area contributed by atoms with Crippen LogP contribution in [0.5, 0.6) is 0 Å². The van der Waals surface area contributed by atoms with Crippen LogP contribution in [0.1, 0.15) is 17.4 Å². The smallest absolute Gasteiger partial charge is 0.272 e. The molecule has 0 fully saturated rings. The number of carbonyl (C=O) groups is 1. The molecule has 5 nitrogen and oxygen atoms in total. The van der Waals surface area contributed by atoms with Crippen molar-refractivity contribution in [3.05, 3.63) is 11.9 Å². The van der Waals surface area contributed by atoms with Gasteiger partial charge < -0.3 is 10.4 Å². The van der Waals surface area contributed by atoms with Gasteiger partial charge in [0, 0.05) is 6.54 Å². The summed E-state index contributed by atoms with van der Waals surface area (Å²) in [4.78, 5) is 11.1. The number of nitrogens with one attached hydrogen (secondary N) is 1. The van der Waals surface area contributed by atoms with Crippen molar-refractivity contribution in [3.8, 4) is 0 Å². The molecule has 0 unspecified atom stereocenters. The lowest BCUT2D eigenvalue weighted by Gasteiger charge is -2.03. The Morgan fingerprint density at radius 2 is 2.67 bits per heavy atom. The third-order valence-electron chi connectivity index (χ3n) is 1.15. The monoisotopic (exact) mass is 187 g/mol. The standard InChI is InChI=1S/C6H9N3O2S/c1-4(10)2-7-6(11)5-3-8-12-9-5/h3-4,10H,2H2,1H3,(H,7,11)/t4-/m1/s1. The number of aliphatic hydroxyl groups is 1. The predicted octanol–water partition coefficient (Wildman–Crippen LogP) is -0.351. The SMILES string of the molecule is C[C@@H](O)CNC(=O)c1cnsn1. The van der Waals surface area contributed by atoms with E-state index in [1.54, 1.807) is 6.92 Å². The lowest BCUT2D eigenvalue weighted by Crippen LogP contribution is -2.30. The summed E-state index contributed by atoms with van der Waals surface area (Å²) >= 11 is 0.979. The van der Waals surface area contributed by atoms with Crippen molar-refractivity contribution in [2.75, 3.05) is 6.54 Å². The van der Waals surface area contributed by atoms with Crippen molar-refractivity contribution in [1.29, 1.82) is 0 Å². The van der Waals surface area contributed by atoms with E-state index in [-0.39, 0.29) is 12.5 Å². The molecule has 1 heterocycles. The molecule has 0 aliphatic carbocycles. The molecular weight excluding hydrogens is 178 g/mol. The van der Waals surface area contributed by atoms with Crippen LogP contribution in [0, 0.1) is 0 Å². The Morgan fingerprint density at radius 3 is 3.17 bits per heavy atom. The summed E-state index contributed by atoms with van der Waals surface area (Å²) in [5, 5.41) is 11.4. The molecule has 2 N–H and O–H groups in total. The molecule has 66 valence electrons. The summed E-state index contributed by atoms with van der Waals surface area (Å²) in [5.74, 6) is -0.301. The minimum absolute atomic E-state index is 0.232.